The quantitative estimate of drug-likeness (QED) is 0.644. The van der Waals surface area contributed by atoms with Crippen molar-refractivity contribution >= 4 is 8.07 Å². The minimum absolute atomic E-state index is 0.00211. The summed E-state index contributed by atoms with van der Waals surface area (Å²) in [6.07, 6.45) is 0.604. The van der Waals surface area contributed by atoms with E-state index in [0.717, 1.165) is 12.8 Å². The van der Waals surface area contributed by atoms with E-state index in [4.69, 9.17) is 0 Å². The molecule has 17 heavy (non-hydrogen) atoms. The predicted molar refractivity (Wildman–Crippen MR) is 74.7 cm³/mol. The second-order valence-corrected chi connectivity index (χ2v) is 12.2. The van der Waals surface area contributed by atoms with Crippen molar-refractivity contribution in [3.63, 3.8) is 0 Å². The van der Waals surface area contributed by atoms with Crippen molar-refractivity contribution in [2.24, 2.45) is 0 Å². The Labute approximate surface area is 107 Å². The predicted octanol–water partition coefficient (Wildman–Crippen LogP) is 2.31. The van der Waals surface area contributed by atoms with E-state index in [-0.39, 0.29) is 5.04 Å². The summed E-state index contributed by atoms with van der Waals surface area (Å²) in [5.41, 5.74) is -0.783. The fourth-order valence-electron chi connectivity index (χ4n) is 1.66. The molecule has 0 radical (unpaired) electrons. The maximum absolute atomic E-state index is 10.3. The first-order valence-electron chi connectivity index (χ1n) is 6.60. The molecule has 4 heteroatoms. The molecule has 0 rings (SSSR count). The zero-order valence-electron chi connectivity index (χ0n) is 12.2. The Bertz CT molecular complexity index is 223. The minimum Gasteiger partial charge on any atom is -0.394 e. The number of aliphatic hydroxyl groups excluding tert-OH is 3. The minimum atomic E-state index is -2.03. The van der Waals surface area contributed by atoms with Gasteiger partial charge >= 0.3 is 0 Å². The van der Waals surface area contributed by atoms with Crippen molar-refractivity contribution in [1.29, 1.82) is 0 Å². The molecule has 3 atom stereocenters. The molecule has 3 unspecified atom stereocenters. The van der Waals surface area contributed by atoms with E-state index in [1.54, 1.807) is 0 Å². The number of aliphatic hydroxyl groups is 3. The molecule has 0 bridgehead atoms. The van der Waals surface area contributed by atoms with Gasteiger partial charge in [-0.25, -0.2) is 0 Å². The molecule has 0 spiro atoms. The van der Waals surface area contributed by atoms with Crippen LogP contribution in [-0.2, 0) is 0 Å². The standard InChI is InChI=1S/C13H30O3Si/c1-7-8-9-10(14)11(15)12(16)17(5,6)13(2,3)4/h10-12,14-16H,7-9H2,1-6H3. The molecular formula is C13H30O3Si. The van der Waals surface area contributed by atoms with Gasteiger partial charge in [0.05, 0.1) is 19.9 Å². The highest BCUT2D eigenvalue weighted by molar-refractivity contribution is 6.81. The number of hydrogen-bond donors (Lipinski definition) is 3. The van der Waals surface area contributed by atoms with Gasteiger partial charge in [-0.3, -0.25) is 0 Å². The van der Waals surface area contributed by atoms with Crippen molar-refractivity contribution in [3.8, 4) is 0 Å². The fourth-order valence-corrected chi connectivity index (χ4v) is 3.63. The molecule has 0 saturated heterocycles. The Hall–Kier alpha value is 0.0969. The molecule has 0 aliphatic rings. The lowest BCUT2D eigenvalue weighted by Crippen LogP contribution is -2.57. The van der Waals surface area contributed by atoms with Crippen molar-refractivity contribution in [3.05, 3.63) is 0 Å². The number of hydrogen-bond acceptors (Lipinski definition) is 3. The van der Waals surface area contributed by atoms with Crippen LogP contribution in [0.4, 0.5) is 0 Å². The monoisotopic (exact) mass is 262 g/mol. The fraction of sp³-hybridized carbons (Fsp3) is 1.00. The zero-order valence-corrected chi connectivity index (χ0v) is 13.2. The first-order valence-corrected chi connectivity index (χ1v) is 9.67. The van der Waals surface area contributed by atoms with E-state index in [0.29, 0.717) is 6.42 Å². The smallest absolute Gasteiger partial charge is 0.103 e. The molecule has 104 valence electrons. The Balaban J connectivity index is 4.63. The van der Waals surface area contributed by atoms with Crippen LogP contribution < -0.4 is 0 Å². The van der Waals surface area contributed by atoms with E-state index < -0.39 is 26.0 Å². The van der Waals surface area contributed by atoms with Crippen LogP contribution >= 0.6 is 0 Å². The average molecular weight is 262 g/mol. The molecule has 0 aromatic rings. The Morgan fingerprint density at radius 2 is 1.53 bits per heavy atom. The van der Waals surface area contributed by atoms with E-state index >= 15 is 0 Å². The Kier molecular flexibility index (Phi) is 6.35. The second kappa shape index (κ2) is 6.32. The molecule has 0 fully saturated rings. The summed E-state index contributed by atoms with van der Waals surface area (Å²) in [6.45, 7) is 12.4. The third kappa shape index (κ3) is 4.36. The van der Waals surface area contributed by atoms with Crippen molar-refractivity contribution in [2.75, 3.05) is 0 Å². The summed E-state index contributed by atoms with van der Waals surface area (Å²) < 4.78 is 0. The highest BCUT2D eigenvalue weighted by Crippen LogP contribution is 2.39. The average Bonchev–Trinajstić information content (AvgIpc) is 2.21. The van der Waals surface area contributed by atoms with Crippen LogP contribution in [0.1, 0.15) is 47.0 Å². The summed E-state index contributed by atoms with van der Waals surface area (Å²) >= 11 is 0. The molecule has 0 saturated carbocycles. The van der Waals surface area contributed by atoms with Gasteiger partial charge in [0, 0.05) is 0 Å². The molecule has 0 aliphatic heterocycles. The van der Waals surface area contributed by atoms with Gasteiger partial charge < -0.3 is 15.3 Å². The van der Waals surface area contributed by atoms with Crippen LogP contribution in [-0.4, -0.2) is 41.3 Å². The van der Waals surface area contributed by atoms with Gasteiger partial charge in [0.2, 0.25) is 0 Å². The van der Waals surface area contributed by atoms with Gasteiger partial charge in [0.1, 0.15) is 6.10 Å². The van der Waals surface area contributed by atoms with Gasteiger partial charge in [-0.2, -0.15) is 0 Å². The molecule has 0 aromatic heterocycles. The highest BCUT2D eigenvalue weighted by atomic mass is 28.3. The zero-order chi connectivity index (χ0) is 13.9. The lowest BCUT2D eigenvalue weighted by atomic mass is 10.1. The van der Waals surface area contributed by atoms with Crippen molar-refractivity contribution in [2.45, 2.75) is 83.0 Å². The van der Waals surface area contributed by atoms with Crippen molar-refractivity contribution < 1.29 is 15.3 Å². The topological polar surface area (TPSA) is 60.7 Å². The van der Waals surface area contributed by atoms with E-state index in [1.165, 1.54) is 0 Å². The van der Waals surface area contributed by atoms with Crippen LogP contribution in [0, 0.1) is 0 Å². The third-order valence-corrected chi connectivity index (χ3v) is 9.93. The van der Waals surface area contributed by atoms with Crippen LogP contribution in [0.3, 0.4) is 0 Å². The van der Waals surface area contributed by atoms with E-state index in [9.17, 15) is 15.3 Å². The molecule has 0 amide bonds. The van der Waals surface area contributed by atoms with Gasteiger partial charge in [-0.05, 0) is 11.5 Å². The van der Waals surface area contributed by atoms with Crippen LogP contribution in [0.2, 0.25) is 18.1 Å². The van der Waals surface area contributed by atoms with E-state index in [2.05, 4.69) is 33.9 Å². The maximum atomic E-state index is 10.3. The Morgan fingerprint density at radius 3 is 1.88 bits per heavy atom. The first-order chi connectivity index (χ1) is 7.55. The summed E-state index contributed by atoms with van der Waals surface area (Å²) in [7, 11) is -2.03. The van der Waals surface area contributed by atoms with Gasteiger partial charge in [0.15, 0.2) is 0 Å². The molecule has 0 aliphatic carbocycles. The second-order valence-electron chi connectivity index (χ2n) is 6.62. The van der Waals surface area contributed by atoms with Crippen molar-refractivity contribution in [1.82, 2.24) is 0 Å². The normalized spacial score (nSPS) is 18.9. The third-order valence-electron chi connectivity index (χ3n) is 4.24. The largest absolute Gasteiger partial charge is 0.394 e. The van der Waals surface area contributed by atoms with Gasteiger partial charge in [-0.1, -0.05) is 53.6 Å². The van der Waals surface area contributed by atoms with Crippen LogP contribution in [0.5, 0.6) is 0 Å². The molecular weight excluding hydrogens is 232 g/mol. The SMILES string of the molecule is CCCCC(O)C(O)C(O)[Si](C)(C)C(C)(C)C. The lowest BCUT2D eigenvalue weighted by Gasteiger charge is -2.43. The van der Waals surface area contributed by atoms with E-state index in [1.807, 2.05) is 6.92 Å². The molecule has 3 nitrogen and oxygen atoms in total. The Morgan fingerprint density at radius 1 is 1.06 bits per heavy atom. The highest BCUT2D eigenvalue weighted by Gasteiger charge is 2.46. The summed E-state index contributed by atoms with van der Waals surface area (Å²) in [5.74, 6) is 0. The number of unbranched alkanes of at least 4 members (excludes halogenated alkanes) is 1. The molecule has 0 aromatic carbocycles. The number of rotatable bonds is 6. The summed E-state index contributed by atoms with van der Waals surface area (Å²) in [5, 5.41) is 30.2. The van der Waals surface area contributed by atoms with Gasteiger partial charge in [0.25, 0.3) is 0 Å². The van der Waals surface area contributed by atoms with Gasteiger partial charge in [-0.15, -0.1) is 0 Å². The van der Waals surface area contributed by atoms with Crippen LogP contribution in [0.25, 0.3) is 0 Å². The lowest BCUT2D eigenvalue weighted by molar-refractivity contribution is -0.0382. The molecule has 3 N–H and O–H groups in total. The summed E-state index contributed by atoms with van der Waals surface area (Å²) in [4.78, 5) is 0. The van der Waals surface area contributed by atoms with Crippen LogP contribution in [0.15, 0.2) is 0 Å². The first kappa shape index (κ1) is 17.1. The summed E-state index contributed by atoms with van der Waals surface area (Å²) in [6, 6.07) is 0. The molecule has 0 heterocycles. The maximum Gasteiger partial charge on any atom is 0.103 e.